The highest BCUT2D eigenvalue weighted by molar-refractivity contribution is 9.10. The maximum absolute atomic E-state index is 9.34. The molecule has 0 radical (unpaired) electrons. The van der Waals surface area contributed by atoms with Gasteiger partial charge in [-0.2, -0.15) is 0 Å². The lowest BCUT2D eigenvalue weighted by Gasteiger charge is -2.21. The first-order valence-corrected chi connectivity index (χ1v) is 4.90. The smallest absolute Gasteiger partial charge is 0.139 e. The van der Waals surface area contributed by atoms with Gasteiger partial charge in [-0.05, 0) is 33.0 Å². The van der Waals surface area contributed by atoms with Crippen LogP contribution in [0.4, 0.5) is 5.69 Å². The van der Waals surface area contributed by atoms with Crippen molar-refractivity contribution in [1.82, 2.24) is 0 Å². The van der Waals surface area contributed by atoms with Crippen molar-refractivity contribution >= 4 is 21.6 Å². The van der Waals surface area contributed by atoms with E-state index >= 15 is 0 Å². The summed E-state index contributed by atoms with van der Waals surface area (Å²) in [5.74, 6) is 0.125. The predicted octanol–water partition coefficient (Wildman–Crippen LogP) is 3.03. The van der Waals surface area contributed by atoms with Crippen molar-refractivity contribution in [2.45, 2.75) is 26.2 Å². The van der Waals surface area contributed by atoms with E-state index in [1.807, 2.05) is 6.07 Å². The fraction of sp³-hybridized carbons (Fsp3) is 0.400. The second-order valence-corrected chi connectivity index (χ2v) is 4.90. The number of halogens is 1. The van der Waals surface area contributed by atoms with Crippen molar-refractivity contribution in [3.05, 3.63) is 22.2 Å². The van der Waals surface area contributed by atoms with Crippen LogP contribution in [-0.2, 0) is 5.41 Å². The summed E-state index contributed by atoms with van der Waals surface area (Å²) >= 11 is 3.38. The molecule has 0 aliphatic rings. The van der Waals surface area contributed by atoms with Crippen LogP contribution in [0.15, 0.2) is 16.6 Å². The summed E-state index contributed by atoms with van der Waals surface area (Å²) in [4.78, 5) is 0. The molecule has 0 aliphatic carbocycles. The van der Waals surface area contributed by atoms with Gasteiger partial charge in [-0.25, -0.2) is 0 Å². The number of nitrogen functional groups attached to an aromatic ring is 1. The van der Waals surface area contributed by atoms with Crippen LogP contribution < -0.4 is 5.73 Å². The van der Waals surface area contributed by atoms with Gasteiger partial charge in [0.1, 0.15) is 5.75 Å². The Morgan fingerprint density at radius 3 is 2.31 bits per heavy atom. The normalized spacial score (nSPS) is 11.7. The van der Waals surface area contributed by atoms with E-state index in [1.165, 1.54) is 0 Å². The number of phenols is 1. The number of anilines is 1. The van der Waals surface area contributed by atoms with Gasteiger partial charge in [0, 0.05) is 4.47 Å². The summed E-state index contributed by atoms with van der Waals surface area (Å²) in [5.41, 5.74) is 7.22. The molecule has 1 aromatic carbocycles. The van der Waals surface area contributed by atoms with E-state index in [0.717, 1.165) is 10.0 Å². The number of hydrogen-bond acceptors (Lipinski definition) is 2. The van der Waals surface area contributed by atoms with Crippen LogP contribution in [0.5, 0.6) is 5.75 Å². The van der Waals surface area contributed by atoms with E-state index in [0.29, 0.717) is 5.69 Å². The Hall–Kier alpha value is -0.700. The SMILES string of the molecule is CC(C)(C)c1ccc(O)c(N)c1Br. The lowest BCUT2D eigenvalue weighted by atomic mass is 9.87. The molecular weight excluding hydrogens is 230 g/mol. The molecule has 0 saturated heterocycles. The van der Waals surface area contributed by atoms with Crippen LogP contribution in [-0.4, -0.2) is 5.11 Å². The third kappa shape index (κ3) is 1.97. The van der Waals surface area contributed by atoms with Gasteiger partial charge >= 0.3 is 0 Å². The van der Waals surface area contributed by atoms with Crippen LogP contribution in [0.25, 0.3) is 0 Å². The van der Waals surface area contributed by atoms with E-state index in [-0.39, 0.29) is 11.2 Å². The summed E-state index contributed by atoms with van der Waals surface area (Å²) in [6.45, 7) is 6.30. The van der Waals surface area contributed by atoms with Crippen molar-refractivity contribution in [2.24, 2.45) is 0 Å². The number of aromatic hydroxyl groups is 1. The summed E-state index contributed by atoms with van der Waals surface area (Å²) < 4.78 is 0.792. The minimum Gasteiger partial charge on any atom is -0.506 e. The molecule has 1 aromatic rings. The molecule has 0 saturated carbocycles. The zero-order valence-electron chi connectivity index (χ0n) is 8.06. The van der Waals surface area contributed by atoms with E-state index < -0.39 is 0 Å². The molecular formula is C10H14BrNO. The number of benzene rings is 1. The number of nitrogens with two attached hydrogens (primary N) is 1. The van der Waals surface area contributed by atoms with Crippen molar-refractivity contribution in [3.63, 3.8) is 0 Å². The Balaban J connectivity index is 3.35. The van der Waals surface area contributed by atoms with Gasteiger partial charge in [-0.15, -0.1) is 0 Å². The fourth-order valence-corrected chi connectivity index (χ4v) is 2.09. The van der Waals surface area contributed by atoms with E-state index in [1.54, 1.807) is 6.07 Å². The molecule has 13 heavy (non-hydrogen) atoms. The molecule has 0 atom stereocenters. The summed E-state index contributed by atoms with van der Waals surface area (Å²) in [7, 11) is 0. The van der Waals surface area contributed by atoms with Crippen LogP contribution in [0.3, 0.4) is 0 Å². The highest BCUT2D eigenvalue weighted by Gasteiger charge is 2.19. The Morgan fingerprint density at radius 1 is 1.31 bits per heavy atom. The summed E-state index contributed by atoms with van der Waals surface area (Å²) in [5, 5.41) is 9.34. The van der Waals surface area contributed by atoms with Gasteiger partial charge in [0.25, 0.3) is 0 Å². The minimum absolute atomic E-state index is 0.0284. The quantitative estimate of drug-likeness (QED) is 0.544. The Morgan fingerprint density at radius 2 is 1.85 bits per heavy atom. The molecule has 72 valence electrons. The standard InChI is InChI=1S/C10H14BrNO/c1-10(2,3)6-4-5-7(13)9(12)8(6)11/h4-5,13H,12H2,1-3H3. The van der Waals surface area contributed by atoms with Crippen molar-refractivity contribution in [3.8, 4) is 5.75 Å². The highest BCUT2D eigenvalue weighted by atomic mass is 79.9. The van der Waals surface area contributed by atoms with Gasteiger partial charge in [-0.1, -0.05) is 26.8 Å². The first kappa shape index (κ1) is 10.4. The molecule has 0 heterocycles. The molecule has 0 fully saturated rings. The van der Waals surface area contributed by atoms with E-state index in [9.17, 15) is 5.11 Å². The average Bonchev–Trinajstić information content (AvgIpc) is 1.98. The molecule has 0 bridgehead atoms. The second kappa shape index (κ2) is 3.22. The molecule has 3 heteroatoms. The van der Waals surface area contributed by atoms with Crippen molar-refractivity contribution in [1.29, 1.82) is 0 Å². The van der Waals surface area contributed by atoms with Gasteiger partial charge in [0.05, 0.1) is 5.69 Å². The van der Waals surface area contributed by atoms with Gasteiger partial charge in [-0.3, -0.25) is 0 Å². The number of phenolic OH excluding ortho intramolecular Hbond substituents is 1. The van der Waals surface area contributed by atoms with E-state index in [2.05, 4.69) is 36.7 Å². The second-order valence-electron chi connectivity index (χ2n) is 4.11. The maximum atomic E-state index is 9.34. The summed E-state index contributed by atoms with van der Waals surface area (Å²) in [6.07, 6.45) is 0. The van der Waals surface area contributed by atoms with Gasteiger partial charge < -0.3 is 10.8 Å². The largest absolute Gasteiger partial charge is 0.506 e. The van der Waals surface area contributed by atoms with Gasteiger partial charge in [0.15, 0.2) is 0 Å². The van der Waals surface area contributed by atoms with Crippen LogP contribution in [0.1, 0.15) is 26.3 Å². The molecule has 0 unspecified atom stereocenters. The molecule has 3 N–H and O–H groups in total. The highest BCUT2D eigenvalue weighted by Crippen LogP contribution is 2.37. The Bertz CT molecular complexity index is 328. The zero-order valence-corrected chi connectivity index (χ0v) is 9.64. The maximum Gasteiger partial charge on any atom is 0.139 e. The Kier molecular flexibility index (Phi) is 2.57. The molecule has 2 nitrogen and oxygen atoms in total. The van der Waals surface area contributed by atoms with Crippen molar-refractivity contribution < 1.29 is 5.11 Å². The lowest BCUT2D eigenvalue weighted by Crippen LogP contribution is -2.12. The summed E-state index contributed by atoms with van der Waals surface area (Å²) in [6, 6.07) is 3.51. The predicted molar refractivity (Wildman–Crippen MR) is 58.9 cm³/mol. The van der Waals surface area contributed by atoms with E-state index in [4.69, 9.17) is 5.73 Å². The Labute approximate surface area is 86.9 Å². The molecule has 0 aliphatic heterocycles. The van der Waals surface area contributed by atoms with Crippen LogP contribution in [0, 0.1) is 0 Å². The third-order valence-electron chi connectivity index (χ3n) is 1.96. The minimum atomic E-state index is 0.0284. The molecule has 1 rings (SSSR count). The molecule has 0 aromatic heterocycles. The van der Waals surface area contributed by atoms with Crippen LogP contribution in [0.2, 0.25) is 0 Å². The first-order valence-electron chi connectivity index (χ1n) is 4.11. The fourth-order valence-electron chi connectivity index (χ4n) is 1.16. The van der Waals surface area contributed by atoms with Gasteiger partial charge in [0.2, 0.25) is 0 Å². The monoisotopic (exact) mass is 243 g/mol. The molecule has 0 amide bonds. The third-order valence-corrected chi connectivity index (χ3v) is 2.82. The topological polar surface area (TPSA) is 46.2 Å². The number of hydrogen-bond donors (Lipinski definition) is 2. The number of rotatable bonds is 0. The van der Waals surface area contributed by atoms with Crippen molar-refractivity contribution in [2.75, 3.05) is 5.73 Å². The lowest BCUT2D eigenvalue weighted by molar-refractivity contribution is 0.476. The van der Waals surface area contributed by atoms with Crippen LogP contribution >= 0.6 is 15.9 Å². The average molecular weight is 244 g/mol. The molecule has 0 spiro atoms. The first-order chi connectivity index (χ1) is 5.84. The zero-order chi connectivity index (χ0) is 10.2.